The lowest BCUT2D eigenvalue weighted by atomic mass is 9.44. The average Bonchev–Trinajstić information content (AvgIpc) is 3.42. The Kier molecular flexibility index (Phi) is 8.14. The molecule has 0 aromatic rings. The molecule has 2 heterocycles. The summed E-state index contributed by atoms with van der Waals surface area (Å²) in [6.45, 7) is 10.5. The molecule has 0 radical (unpaired) electrons. The maximum Gasteiger partial charge on any atom is 0.338 e. The highest BCUT2D eigenvalue weighted by molar-refractivity contribution is 5.75. The molecule has 9 heteroatoms. The minimum absolute atomic E-state index is 0.0473. The Morgan fingerprint density at radius 2 is 1.64 bits per heavy atom. The van der Waals surface area contributed by atoms with Gasteiger partial charge >= 0.3 is 5.97 Å². The van der Waals surface area contributed by atoms with Crippen molar-refractivity contribution in [1.29, 1.82) is 0 Å². The van der Waals surface area contributed by atoms with Crippen molar-refractivity contribution in [2.24, 2.45) is 52.3 Å². The first-order valence-corrected chi connectivity index (χ1v) is 16.5. The fourth-order valence-electron chi connectivity index (χ4n) is 11.2. The van der Waals surface area contributed by atoms with Crippen LogP contribution in [0.3, 0.4) is 0 Å². The molecule has 4 saturated carbocycles. The first-order chi connectivity index (χ1) is 19.8. The first kappa shape index (κ1) is 30.9. The molecule has 2 aliphatic heterocycles. The minimum Gasteiger partial charge on any atom is -0.460 e. The van der Waals surface area contributed by atoms with Crippen molar-refractivity contribution in [3.63, 3.8) is 0 Å². The lowest BCUT2D eigenvalue weighted by molar-refractivity contribution is -0.273. The van der Waals surface area contributed by atoms with E-state index in [4.69, 9.17) is 14.2 Å². The van der Waals surface area contributed by atoms with Gasteiger partial charge in [0.25, 0.3) is 0 Å². The van der Waals surface area contributed by atoms with Crippen LogP contribution < -0.4 is 0 Å². The molecular formula is C33H52O9. The predicted molar refractivity (Wildman–Crippen MR) is 152 cm³/mol. The van der Waals surface area contributed by atoms with E-state index in [1.165, 1.54) is 25.7 Å². The summed E-state index contributed by atoms with van der Waals surface area (Å²) in [4.78, 5) is 23.3. The zero-order valence-electron chi connectivity index (χ0n) is 25.7. The maximum absolute atomic E-state index is 12.6. The van der Waals surface area contributed by atoms with Gasteiger partial charge in [0.2, 0.25) is 0 Å². The summed E-state index contributed by atoms with van der Waals surface area (Å²) in [6, 6.07) is 0. The van der Waals surface area contributed by atoms with Crippen LogP contribution >= 0.6 is 0 Å². The van der Waals surface area contributed by atoms with Crippen LogP contribution in [0.4, 0.5) is 0 Å². The lowest BCUT2D eigenvalue weighted by Gasteiger charge is -2.61. The van der Waals surface area contributed by atoms with Gasteiger partial charge in [-0.2, -0.15) is 0 Å². The maximum atomic E-state index is 12.6. The second-order valence-corrected chi connectivity index (χ2v) is 15.6. The SMILES string of the molecule is C[C@@H]1CC[C@@]2(OC1)OC1C[C@H]3C4CC[C@H]5C[C@@H](OC(=O)[C@@H](O)[C@@H](O)[C@H](O)[C@@H](O)C=O)CC[C@]5(C)C4CC[C@]3(C)C1[C@@H]2C. The Morgan fingerprint density at radius 3 is 2.33 bits per heavy atom. The zero-order valence-corrected chi connectivity index (χ0v) is 25.7. The highest BCUT2D eigenvalue weighted by Gasteiger charge is 2.69. The molecule has 4 unspecified atom stereocenters. The standard InChI is InChI=1S/C33H52O9/c1-17-7-12-33(40-16-17)18(2)26-25(42-33)14-23-21-6-5-19-13-20(8-10-31(19,3)22(21)9-11-32(23,26)4)41-30(39)29(38)28(37)27(36)24(35)15-34/h15,17-29,35-38H,5-14,16H2,1-4H3/t17-,18+,19+,20+,21?,22?,23+,24+,25?,26?,27-,28+,29+,31+,32+,33-/m1/s1. The number of ether oxygens (including phenoxy) is 3. The zero-order chi connectivity index (χ0) is 30.2. The summed E-state index contributed by atoms with van der Waals surface area (Å²) in [6.07, 6.45) is 2.43. The van der Waals surface area contributed by atoms with Crippen molar-refractivity contribution in [2.45, 2.75) is 134 Å². The monoisotopic (exact) mass is 592 g/mol. The predicted octanol–water partition coefficient (Wildman–Crippen LogP) is 2.99. The van der Waals surface area contributed by atoms with Gasteiger partial charge < -0.3 is 39.4 Å². The summed E-state index contributed by atoms with van der Waals surface area (Å²) in [5.41, 5.74) is 0.444. The van der Waals surface area contributed by atoms with Gasteiger partial charge in [0, 0.05) is 12.3 Å². The van der Waals surface area contributed by atoms with Crippen LogP contribution in [0.1, 0.15) is 91.9 Å². The number of esters is 1. The Hall–Kier alpha value is -1.10. The molecule has 0 aromatic carbocycles. The van der Waals surface area contributed by atoms with E-state index in [2.05, 4.69) is 27.7 Å². The lowest BCUT2D eigenvalue weighted by Crippen LogP contribution is -2.55. The molecule has 6 fully saturated rings. The van der Waals surface area contributed by atoms with E-state index >= 15 is 0 Å². The number of hydrogen-bond donors (Lipinski definition) is 4. The average molecular weight is 593 g/mol. The van der Waals surface area contributed by atoms with Crippen LogP contribution in [0.2, 0.25) is 0 Å². The number of aliphatic hydroxyl groups is 4. The second-order valence-electron chi connectivity index (χ2n) is 15.6. The van der Waals surface area contributed by atoms with Crippen LogP contribution in [0.25, 0.3) is 0 Å². The molecule has 16 atom stereocenters. The fraction of sp³-hybridized carbons (Fsp3) is 0.939. The number of carbonyl (C=O) groups is 2. The van der Waals surface area contributed by atoms with Gasteiger partial charge in [0.05, 0.1) is 12.7 Å². The van der Waals surface area contributed by atoms with Gasteiger partial charge in [-0.05, 0) is 104 Å². The van der Waals surface area contributed by atoms with Gasteiger partial charge in [-0.25, -0.2) is 4.79 Å². The number of aliphatic hydroxyl groups excluding tert-OH is 4. The highest BCUT2D eigenvalue weighted by atomic mass is 16.7. The van der Waals surface area contributed by atoms with Crippen molar-refractivity contribution in [1.82, 2.24) is 0 Å². The number of carbonyl (C=O) groups excluding carboxylic acids is 2. The Balaban J connectivity index is 1.10. The van der Waals surface area contributed by atoms with Gasteiger partial charge in [0.1, 0.15) is 24.4 Å². The normalized spacial score (nSPS) is 50.9. The van der Waals surface area contributed by atoms with E-state index in [1.807, 2.05) is 0 Å². The summed E-state index contributed by atoms with van der Waals surface area (Å²) < 4.78 is 19.0. The van der Waals surface area contributed by atoms with E-state index in [9.17, 15) is 30.0 Å². The van der Waals surface area contributed by atoms with E-state index in [0.717, 1.165) is 38.7 Å². The fourth-order valence-corrected chi connectivity index (χ4v) is 11.2. The highest BCUT2D eigenvalue weighted by Crippen LogP contribution is 2.71. The molecule has 0 aromatic heterocycles. The van der Waals surface area contributed by atoms with Crippen molar-refractivity contribution < 1.29 is 44.2 Å². The van der Waals surface area contributed by atoms with Crippen LogP contribution in [0.5, 0.6) is 0 Å². The summed E-state index contributed by atoms with van der Waals surface area (Å²) in [7, 11) is 0. The third-order valence-electron chi connectivity index (χ3n) is 13.6. The molecule has 6 rings (SSSR count). The van der Waals surface area contributed by atoms with Crippen molar-refractivity contribution in [3.8, 4) is 0 Å². The molecule has 0 bridgehead atoms. The van der Waals surface area contributed by atoms with Gasteiger partial charge in [-0.1, -0.05) is 27.7 Å². The third-order valence-corrected chi connectivity index (χ3v) is 13.6. The van der Waals surface area contributed by atoms with Gasteiger partial charge in [-0.3, -0.25) is 0 Å². The molecule has 238 valence electrons. The number of fused-ring (bicyclic) bond motifs is 7. The Morgan fingerprint density at radius 1 is 0.905 bits per heavy atom. The largest absolute Gasteiger partial charge is 0.460 e. The van der Waals surface area contributed by atoms with Crippen LogP contribution in [0.15, 0.2) is 0 Å². The molecule has 6 aliphatic rings. The van der Waals surface area contributed by atoms with E-state index in [-0.39, 0.29) is 35.1 Å². The van der Waals surface area contributed by atoms with Gasteiger partial charge in [0.15, 0.2) is 18.2 Å². The second kappa shape index (κ2) is 11.1. The molecule has 9 nitrogen and oxygen atoms in total. The summed E-state index contributed by atoms with van der Waals surface area (Å²) >= 11 is 0. The molecule has 42 heavy (non-hydrogen) atoms. The van der Waals surface area contributed by atoms with Crippen molar-refractivity contribution in [2.75, 3.05) is 6.61 Å². The van der Waals surface area contributed by atoms with Crippen LogP contribution in [-0.2, 0) is 23.8 Å². The summed E-state index contributed by atoms with van der Waals surface area (Å²) in [5, 5.41) is 39.6. The third kappa shape index (κ3) is 4.71. The number of hydrogen-bond acceptors (Lipinski definition) is 9. The quantitative estimate of drug-likeness (QED) is 0.270. The molecule has 4 N–H and O–H groups in total. The number of aldehydes is 1. The van der Waals surface area contributed by atoms with Crippen LogP contribution in [-0.4, -0.2) is 81.7 Å². The van der Waals surface area contributed by atoms with E-state index in [0.29, 0.717) is 47.8 Å². The smallest absolute Gasteiger partial charge is 0.338 e. The first-order valence-electron chi connectivity index (χ1n) is 16.5. The molecule has 4 aliphatic carbocycles. The van der Waals surface area contributed by atoms with Crippen LogP contribution in [0, 0.1) is 52.3 Å². The topological polar surface area (TPSA) is 143 Å². The van der Waals surface area contributed by atoms with Crippen molar-refractivity contribution in [3.05, 3.63) is 0 Å². The summed E-state index contributed by atoms with van der Waals surface area (Å²) in [5.74, 6) is 2.53. The van der Waals surface area contributed by atoms with Crippen molar-refractivity contribution >= 4 is 12.3 Å². The van der Waals surface area contributed by atoms with E-state index < -0.39 is 30.4 Å². The minimum atomic E-state index is -2.04. The molecule has 0 amide bonds. The van der Waals surface area contributed by atoms with E-state index in [1.54, 1.807) is 0 Å². The molecular weight excluding hydrogens is 540 g/mol. The Bertz CT molecular complexity index is 1030. The molecule has 1 spiro atoms. The Labute approximate surface area is 249 Å². The van der Waals surface area contributed by atoms with Gasteiger partial charge in [-0.15, -0.1) is 0 Å². The molecule has 2 saturated heterocycles. The number of rotatable bonds is 6.